The Labute approximate surface area is 235 Å². The molecule has 39 heavy (non-hydrogen) atoms. The van der Waals surface area contributed by atoms with Gasteiger partial charge in [-0.2, -0.15) is 0 Å². The number of halogens is 2. The van der Waals surface area contributed by atoms with Crippen LogP contribution in [-0.2, 0) is 23.9 Å². The van der Waals surface area contributed by atoms with E-state index in [9.17, 15) is 24.0 Å². The maximum atomic E-state index is 13.1. The van der Waals surface area contributed by atoms with Crippen LogP contribution in [-0.4, -0.2) is 46.4 Å². The quantitative estimate of drug-likeness (QED) is 0.373. The summed E-state index contributed by atoms with van der Waals surface area (Å²) in [5.74, 6) is -3.17. The number of esters is 2. The summed E-state index contributed by atoms with van der Waals surface area (Å²) >= 11 is 12.1. The summed E-state index contributed by atoms with van der Waals surface area (Å²) in [7, 11) is 0. The summed E-state index contributed by atoms with van der Waals surface area (Å²) in [6, 6.07) is 10.6. The van der Waals surface area contributed by atoms with Crippen molar-refractivity contribution in [1.82, 2.24) is 9.88 Å². The third-order valence-corrected chi connectivity index (χ3v) is 6.28. The number of hydrogen-bond acceptors (Lipinski definition) is 7. The first kappa shape index (κ1) is 29.9. The van der Waals surface area contributed by atoms with Crippen LogP contribution in [0, 0.1) is 0 Å². The van der Waals surface area contributed by atoms with Crippen molar-refractivity contribution in [2.45, 2.75) is 51.8 Å². The number of amides is 1. The Bertz CT molecular complexity index is 1460. The van der Waals surface area contributed by atoms with Crippen LogP contribution in [0.25, 0.3) is 10.8 Å². The van der Waals surface area contributed by atoms with E-state index in [4.69, 9.17) is 32.7 Å². The number of carbonyl (C=O) groups excluding carboxylic acids is 4. The zero-order valence-corrected chi connectivity index (χ0v) is 23.3. The topological polar surface area (TPSA) is 121 Å². The van der Waals surface area contributed by atoms with E-state index in [0.29, 0.717) is 10.8 Å². The van der Waals surface area contributed by atoms with Crippen LogP contribution in [0.2, 0.25) is 10.0 Å². The minimum absolute atomic E-state index is 0.0354. The molecule has 0 saturated heterocycles. The molecule has 0 radical (unpaired) electrons. The first-order valence-corrected chi connectivity index (χ1v) is 12.8. The Morgan fingerprint density at radius 3 is 2.26 bits per heavy atom. The van der Waals surface area contributed by atoms with Crippen LogP contribution in [0.15, 0.2) is 59.5 Å². The second kappa shape index (κ2) is 12.4. The molecule has 0 bridgehead atoms. The highest BCUT2D eigenvalue weighted by Gasteiger charge is 2.30. The van der Waals surface area contributed by atoms with E-state index in [-0.39, 0.29) is 15.6 Å². The van der Waals surface area contributed by atoms with Crippen LogP contribution in [0.4, 0.5) is 0 Å². The minimum Gasteiger partial charge on any atom is -0.460 e. The molecular formula is C28H28Cl2N2O7. The molecule has 1 aromatic heterocycles. The number of Topliss-reactive ketones (excluding diaryl/α,β-unsaturated/α-hetero) is 1. The molecular weight excluding hydrogens is 547 g/mol. The Hall–Kier alpha value is -3.69. The van der Waals surface area contributed by atoms with E-state index in [2.05, 4.69) is 5.32 Å². The van der Waals surface area contributed by atoms with Gasteiger partial charge >= 0.3 is 11.9 Å². The summed E-state index contributed by atoms with van der Waals surface area (Å²) < 4.78 is 11.6. The molecule has 2 aromatic carbocycles. The molecule has 2 unspecified atom stereocenters. The van der Waals surface area contributed by atoms with Gasteiger partial charge in [0.25, 0.3) is 5.56 Å². The van der Waals surface area contributed by atoms with Crippen molar-refractivity contribution in [3.05, 3.63) is 80.7 Å². The van der Waals surface area contributed by atoms with Gasteiger partial charge in [-0.3, -0.25) is 19.2 Å². The van der Waals surface area contributed by atoms with Gasteiger partial charge in [0.05, 0.1) is 22.0 Å². The maximum Gasteiger partial charge on any atom is 0.341 e. The lowest BCUT2D eigenvalue weighted by atomic mass is 10.1. The van der Waals surface area contributed by atoms with Crippen molar-refractivity contribution in [2.24, 2.45) is 0 Å². The van der Waals surface area contributed by atoms with Crippen LogP contribution in [0.1, 0.15) is 50.5 Å². The largest absolute Gasteiger partial charge is 0.460 e. The predicted octanol–water partition coefficient (Wildman–Crippen LogP) is 4.51. The lowest BCUT2D eigenvalue weighted by molar-refractivity contribution is -0.156. The Morgan fingerprint density at radius 1 is 0.974 bits per heavy atom. The number of hydrogen-bond donors (Lipinski definition) is 1. The van der Waals surface area contributed by atoms with Crippen molar-refractivity contribution in [3.8, 4) is 0 Å². The Morgan fingerprint density at radius 2 is 1.62 bits per heavy atom. The van der Waals surface area contributed by atoms with E-state index in [0.717, 1.165) is 0 Å². The van der Waals surface area contributed by atoms with Gasteiger partial charge in [0.15, 0.2) is 12.4 Å². The highest BCUT2D eigenvalue weighted by atomic mass is 35.5. The van der Waals surface area contributed by atoms with Crippen molar-refractivity contribution in [3.63, 3.8) is 0 Å². The predicted molar refractivity (Wildman–Crippen MR) is 147 cm³/mol. The van der Waals surface area contributed by atoms with Gasteiger partial charge in [0.1, 0.15) is 17.7 Å². The Balaban J connectivity index is 1.79. The van der Waals surface area contributed by atoms with Crippen LogP contribution in [0.3, 0.4) is 0 Å². The van der Waals surface area contributed by atoms with Gasteiger partial charge in [-0.1, -0.05) is 47.5 Å². The maximum absolute atomic E-state index is 13.1. The van der Waals surface area contributed by atoms with Gasteiger partial charge < -0.3 is 19.4 Å². The molecule has 0 saturated carbocycles. The highest BCUT2D eigenvalue weighted by Crippen LogP contribution is 2.25. The molecule has 11 heteroatoms. The molecule has 1 heterocycles. The minimum atomic E-state index is -1.40. The lowest BCUT2D eigenvalue weighted by Crippen LogP contribution is -2.47. The van der Waals surface area contributed by atoms with E-state index < -0.39 is 59.9 Å². The molecule has 3 aromatic rings. The number of pyridine rings is 1. The molecule has 2 atom stereocenters. The molecule has 0 aliphatic carbocycles. The number of ketones is 1. The number of benzene rings is 2. The van der Waals surface area contributed by atoms with Crippen molar-refractivity contribution in [2.75, 3.05) is 6.61 Å². The molecule has 1 N–H and O–H groups in total. The monoisotopic (exact) mass is 574 g/mol. The summed E-state index contributed by atoms with van der Waals surface area (Å²) in [6.45, 7) is 5.68. The fourth-order valence-electron chi connectivity index (χ4n) is 3.73. The number of ether oxygens (including phenoxy) is 2. The summed E-state index contributed by atoms with van der Waals surface area (Å²) in [6.07, 6.45) is 0.959. The second-order valence-electron chi connectivity index (χ2n) is 9.78. The average molecular weight is 575 g/mol. The summed E-state index contributed by atoms with van der Waals surface area (Å²) in [5.41, 5.74) is -1.35. The zero-order chi connectivity index (χ0) is 28.9. The molecule has 0 fully saturated rings. The molecule has 3 rings (SSSR count). The third-order valence-electron chi connectivity index (χ3n) is 5.65. The number of rotatable bonds is 9. The summed E-state index contributed by atoms with van der Waals surface area (Å²) in [4.78, 5) is 64.2. The van der Waals surface area contributed by atoms with E-state index >= 15 is 0 Å². The first-order chi connectivity index (χ1) is 18.3. The van der Waals surface area contributed by atoms with E-state index in [1.165, 1.54) is 29.8 Å². The van der Waals surface area contributed by atoms with Gasteiger partial charge in [0.2, 0.25) is 5.91 Å². The molecule has 9 nitrogen and oxygen atoms in total. The summed E-state index contributed by atoms with van der Waals surface area (Å²) in [5, 5.41) is 3.71. The number of nitrogens with zero attached hydrogens (tertiary/aromatic N) is 1. The smallest absolute Gasteiger partial charge is 0.341 e. The van der Waals surface area contributed by atoms with Crippen LogP contribution in [0.5, 0.6) is 0 Å². The lowest BCUT2D eigenvalue weighted by Gasteiger charge is -2.24. The number of aromatic nitrogens is 1. The standard InChI is InChI=1S/C28H28Cl2N2O7/c1-16(32-13-12-17-8-5-6-9-18(17)26(32)36)25(35)31-21(14-23(34)39-28(2,3)4)22(33)15-38-27(37)24-19(29)10-7-11-20(24)30/h5-13,16,21H,14-15H2,1-4H3,(H,31,35). The van der Waals surface area contributed by atoms with Crippen molar-refractivity contribution < 1.29 is 28.7 Å². The van der Waals surface area contributed by atoms with Gasteiger partial charge in [-0.05, 0) is 57.3 Å². The van der Waals surface area contributed by atoms with Crippen LogP contribution >= 0.6 is 23.2 Å². The first-order valence-electron chi connectivity index (χ1n) is 12.0. The average Bonchev–Trinajstić information content (AvgIpc) is 2.85. The SMILES string of the molecule is CC(C(=O)NC(CC(=O)OC(C)(C)C)C(=O)COC(=O)c1c(Cl)cccc1Cl)n1ccc2ccccc2c1=O. The van der Waals surface area contributed by atoms with E-state index in [1.807, 2.05) is 0 Å². The van der Waals surface area contributed by atoms with Gasteiger partial charge in [-0.25, -0.2) is 4.79 Å². The number of nitrogens with one attached hydrogen (secondary N) is 1. The zero-order valence-electron chi connectivity index (χ0n) is 21.8. The number of carbonyl (C=O) groups is 4. The molecule has 1 amide bonds. The van der Waals surface area contributed by atoms with Gasteiger partial charge in [0, 0.05) is 11.6 Å². The normalized spacial score (nSPS) is 12.9. The fraction of sp³-hybridized carbons (Fsp3) is 0.321. The number of fused-ring (bicyclic) bond motifs is 1. The molecule has 0 aliphatic rings. The molecule has 0 aliphatic heterocycles. The third kappa shape index (κ3) is 7.68. The highest BCUT2D eigenvalue weighted by molar-refractivity contribution is 6.39. The molecule has 0 spiro atoms. The van der Waals surface area contributed by atoms with Gasteiger partial charge in [-0.15, -0.1) is 0 Å². The van der Waals surface area contributed by atoms with Crippen molar-refractivity contribution >= 4 is 57.6 Å². The van der Waals surface area contributed by atoms with Crippen molar-refractivity contribution in [1.29, 1.82) is 0 Å². The van der Waals surface area contributed by atoms with E-state index in [1.54, 1.807) is 57.2 Å². The van der Waals surface area contributed by atoms with Crippen LogP contribution < -0.4 is 10.9 Å². The second-order valence-corrected chi connectivity index (χ2v) is 10.6. The molecule has 206 valence electrons. The fourth-order valence-corrected chi connectivity index (χ4v) is 4.28. The Kier molecular flexibility index (Phi) is 9.53.